The zero-order valence-electron chi connectivity index (χ0n) is 14.7. The lowest BCUT2D eigenvalue weighted by Crippen LogP contribution is -2.48. The molecule has 2 atom stereocenters. The van der Waals surface area contributed by atoms with Crippen molar-refractivity contribution < 1.29 is 19.1 Å². The summed E-state index contributed by atoms with van der Waals surface area (Å²) in [6.45, 7) is 5.28. The first-order valence-electron chi connectivity index (χ1n) is 8.85. The molecule has 6 nitrogen and oxygen atoms in total. The molecule has 2 heterocycles. The number of amides is 2. The highest BCUT2D eigenvalue weighted by Crippen LogP contribution is 2.29. The van der Waals surface area contributed by atoms with Gasteiger partial charge in [-0.15, -0.1) is 0 Å². The van der Waals surface area contributed by atoms with Crippen LogP contribution in [-0.2, 0) is 19.1 Å². The molecule has 0 aromatic heterocycles. The number of carbonyl (C=O) groups excluding carboxylic acids is 3. The number of anilines is 1. The molecule has 25 heavy (non-hydrogen) atoms. The molecule has 0 unspecified atom stereocenters. The van der Waals surface area contributed by atoms with Gasteiger partial charge in [0.05, 0.1) is 30.7 Å². The second-order valence-corrected chi connectivity index (χ2v) is 6.71. The summed E-state index contributed by atoms with van der Waals surface area (Å²) < 4.78 is 5.12. The van der Waals surface area contributed by atoms with Gasteiger partial charge in [-0.2, -0.15) is 0 Å². The number of aryl methyl sites for hydroxylation is 1. The van der Waals surface area contributed by atoms with Crippen LogP contribution in [0.3, 0.4) is 0 Å². The molecule has 2 fully saturated rings. The Bertz CT molecular complexity index is 688. The largest absolute Gasteiger partial charge is 0.466 e. The molecule has 0 saturated carbocycles. The van der Waals surface area contributed by atoms with Crippen LogP contribution in [-0.4, -0.2) is 48.4 Å². The van der Waals surface area contributed by atoms with Gasteiger partial charge in [-0.1, -0.05) is 12.1 Å². The van der Waals surface area contributed by atoms with Crippen molar-refractivity contribution in [2.75, 3.05) is 24.6 Å². The van der Waals surface area contributed by atoms with E-state index in [1.165, 1.54) is 4.90 Å². The minimum absolute atomic E-state index is 0.169. The normalized spacial score (nSPS) is 24.6. The van der Waals surface area contributed by atoms with Crippen molar-refractivity contribution in [3.8, 4) is 0 Å². The summed E-state index contributed by atoms with van der Waals surface area (Å²) in [5, 5.41) is 0. The van der Waals surface area contributed by atoms with E-state index in [4.69, 9.17) is 4.74 Å². The van der Waals surface area contributed by atoms with Gasteiger partial charge in [-0.05, 0) is 50.9 Å². The second kappa shape index (κ2) is 7.35. The van der Waals surface area contributed by atoms with Crippen LogP contribution < -0.4 is 4.90 Å². The number of hydrogen-bond acceptors (Lipinski definition) is 5. The minimum Gasteiger partial charge on any atom is -0.466 e. The molecule has 0 N–H and O–H groups in total. The molecular weight excluding hydrogens is 320 g/mol. The number of hydrogen-bond donors (Lipinski definition) is 0. The van der Waals surface area contributed by atoms with Gasteiger partial charge >= 0.3 is 5.97 Å². The van der Waals surface area contributed by atoms with E-state index in [0.29, 0.717) is 18.8 Å². The predicted molar refractivity (Wildman–Crippen MR) is 93.0 cm³/mol. The highest BCUT2D eigenvalue weighted by Gasteiger charge is 2.44. The Labute approximate surface area is 147 Å². The molecule has 2 saturated heterocycles. The van der Waals surface area contributed by atoms with E-state index in [-0.39, 0.29) is 30.1 Å². The average molecular weight is 344 g/mol. The number of nitrogens with zero attached hydrogens (tertiary/aromatic N) is 2. The first-order chi connectivity index (χ1) is 12.0. The fourth-order valence-corrected chi connectivity index (χ4v) is 3.68. The van der Waals surface area contributed by atoms with Crippen LogP contribution in [0, 0.1) is 12.8 Å². The smallest absolute Gasteiger partial charge is 0.310 e. The number of ether oxygens (including phenoxy) is 1. The summed E-state index contributed by atoms with van der Waals surface area (Å²) in [7, 11) is 0. The molecule has 0 bridgehead atoms. The van der Waals surface area contributed by atoms with Crippen molar-refractivity contribution in [1.29, 1.82) is 0 Å². The molecule has 0 aliphatic carbocycles. The molecule has 1 aromatic rings. The summed E-state index contributed by atoms with van der Waals surface area (Å²) >= 11 is 0. The van der Waals surface area contributed by atoms with Gasteiger partial charge in [0.1, 0.15) is 0 Å². The molecule has 2 aliphatic rings. The highest BCUT2D eigenvalue weighted by molar-refractivity contribution is 6.22. The molecule has 6 heteroatoms. The van der Waals surface area contributed by atoms with Crippen molar-refractivity contribution in [2.24, 2.45) is 5.92 Å². The van der Waals surface area contributed by atoms with Crippen molar-refractivity contribution in [3.05, 3.63) is 29.8 Å². The Morgan fingerprint density at radius 2 is 2.12 bits per heavy atom. The van der Waals surface area contributed by atoms with E-state index in [9.17, 15) is 14.4 Å². The van der Waals surface area contributed by atoms with Gasteiger partial charge in [0.25, 0.3) is 5.91 Å². The van der Waals surface area contributed by atoms with Crippen molar-refractivity contribution in [2.45, 2.75) is 39.2 Å². The van der Waals surface area contributed by atoms with Gasteiger partial charge in [-0.25, -0.2) is 4.90 Å². The number of likely N-dealkylation sites (tertiary alicyclic amines) is 1. The van der Waals surface area contributed by atoms with E-state index < -0.39 is 6.04 Å². The monoisotopic (exact) mass is 344 g/mol. The van der Waals surface area contributed by atoms with E-state index in [2.05, 4.69) is 0 Å². The van der Waals surface area contributed by atoms with Crippen molar-refractivity contribution >= 4 is 23.5 Å². The number of imide groups is 1. The van der Waals surface area contributed by atoms with Crippen molar-refractivity contribution in [1.82, 2.24) is 4.90 Å². The predicted octanol–water partition coefficient (Wildman–Crippen LogP) is 1.90. The van der Waals surface area contributed by atoms with E-state index in [1.54, 1.807) is 13.0 Å². The van der Waals surface area contributed by atoms with Gasteiger partial charge in [-0.3, -0.25) is 19.3 Å². The maximum atomic E-state index is 12.9. The molecule has 2 amide bonds. The quantitative estimate of drug-likeness (QED) is 0.616. The minimum atomic E-state index is -0.481. The van der Waals surface area contributed by atoms with Crippen LogP contribution in [0.1, 0.15) is 31.7 Å². The third kappa shape index (κ3) is 3.58. The fourth-order valence-electron chi connectivity index (χ4n) is 3.68. The van der Waals surface area contributed by atoms with Crippen LogP contribution >= 0.6 is 0 Å². The molecule has 134 valence electrons. The van der Waals surface area contributed by atoms with Crippen LogP contribution in [0.15, 0.2) is 24.3 Å². The summed E-state index contributed by atoms with van der Waals surface area (Å²) in [6.07, 6.45) is 1.76. The third-order valence-electron chi connectivity index (χ3n) is 4.90. The van der Waals surface area contributed by atoms with Gasteiger partial charge < -0.3 is 4.74 Å². The Morgan fingerprint density at radius 1 is 1.32 bits per heavy atom. The molecule has 0 radical (unpaired) electrons. The lowest BCUT2D eigenvalue weighted by molar-refractivity contribution is -0.150. The number of carbonyl (C=O) groups is 3. The summed E-state index contributed by atoms with van der Waals surface area (Å²) in [6, 6.07) is 6.92. The molecule has 1 aromatic carbocycles. The first-order valence-corrected chi connectivity index (χ1v) is 8.85. The summed E-state index contributed by atoms with van der Waals surface area (Å²) in [4.78, 5) is 40.6. The van der Waals surface area contributed by atoms with Crippen LogP contribution in [0.25, 0.3) is 0 Å². The fraction of sp³-hybridized carbons (Fsp3) is 0.526. The Morgan fingerprint density at radius 3 is 2.84 bits per heavy atom. The van der Waals surface area contributed by atoms with Gasteiger partial charge in [0, 0.05) is 6.54 Å². The van der Waals surface area contributed by atoms with Crippen LogP contribution in [0.5, 0.6) is 0 Å². The lowest BCUT2D eigenvalue weighted by atomic mass is 9.96. The Hall–Kier alpha value is -2.21. The number of piperidine rings is 1. The molecular formula is C19H24N2O4. The van der Waals surface area contributed by atoms with Crippen LogP contribution in [0.4, 0.5) is 5.69 Å². The first kappa shape index (κ1) is 17.6. The van der Waals surface area contributed by atoms with E-state index in [0.717, 1.165) is 24.9 Å². The highest BCUT2D eigenvalue weighted by atomic mass is 16.5. The number of esters is 1. The van der Waals surface area contributed by atoms with E-state index >= 15 is 0 Å². The zero-order chi connectivity index (χ0) is 18.0. The van der Waals surface area contributed by atoms with Gasteiger partial charge in [0.15, 0.2) is 0 Å². The SMILES string of the molecule is CCOC(=O)[C@@H]1CCCN([C@H]2CC(=O)N(c3cccc(C)c3)C2=O)C1. The average Bonchev–Trinajstić information content (AvgIpc) is 2.90. The molecule has 2 aliphatic heterocycles. The molecule has 0 spiro atoms. The summed E-state index contributed by atoms with van der Waals surface area (Å²) in [5.74, 6) is -0.803. The third-order valence-corrected chi connectivity index (χ3v) is 4.90. The Balaban J connectivity index is 1.74. The maximum Gasteiger partial charge on any atom is 0.310 e. The number of benzene rings is 1. The Kier molecular flexibility index (Phi) is 5.18. The van der Waals surface area contributed by atoms with Crippen LogP contribution in [0.2, 0.25) is 0 Å². The van der Waals surface area contributed by atoms with E-state index in [1.807, 2.05) is 30.0 Å². The maximum absolute atomic E-state index is 12.9. The standard InChI is InChI=1S/C19H24N2O4/c1-3-25-19(24)14-7-5-9-20(12-14)16-11-17(22)21(18(16)23)15-8-4-6-13(2)10-15/h4,6,8,10,14,16H,3,5,7,9,11-12H2,1-2H3/t14-,16+/m1/s1. The second-order valence-electron chi connectivity index (χ2n) is 6.71. The zero-order valence-corrected chi connectivity index (χ0v) is 14.7. The van der Waals surface area contributed by atoms with Crippen molar-refractivity contribution in [3.63, 3.8) is 0 Å². The lowest BCUT2D eigenvalue weighted by Gasteiger charge is -2.34. The topological polar surface area (TPSA) is 66.9 Å². The molecule has 3 rings (SSSR count). The van der Waals surface area contributed by atoms with Gasteiger partial charge in [0.2, 0.25) is 5.91 Å². The summed E-state index contributed by atoms with van der Waals surface area (Å²) in [5.41, 5.74) is 1.62. The number of rotatable bonds is 4.